The van der Waals surface area contributed by atoms with E-state index in [9.17, 15) is 14.0 Å². The van der Waals surface area contributed by atoms with Crippen LogP contribution in [0.3, 0.4) is 0 Å². The average Bonchev–Trinajstić information content (AvgIpc) is 3.17. The highest BCUT2D eigenvalue weighted by molar-refractivity contribution is 5.86. The monoisotopic (exact) mass is 395 g/mol. The van der Waals surface area contributed by atoms with Crippen LogP contribution in [0.25, 0.3) is 0 Å². The van der Waals surface area contributed by atoms with E-state index in [2.05, 4.69) is 4.98 Å². The quantitative estimate of drug-likeness (QED) is 0.781. The lowest BCUT2D eigenvalue weighted by molar-refractivity contribution is -0.146. The van der Waals surface area contributed by atoms with Gasteiger partial charge in [0.1, 0.15) is 5.82 Å². The molecule has 2 amide bonds. The molecule has 0 bridgehead atoms. The minimum absolute atomic E-state index is 0.0644. The normalized spacial score (nSPS) is 21.8. The summed E-state index contributed by atoms with van der Waals surface area (Å²) in [6.07, 6.45) is 6.96. The molecule has 1 unspecified atom stereocenters. The number of hydrogen-bond acceptors (Lipinski definition) is 3. The van der Waals surface area contributed by atoms with Gasteiger partial charge in [-0.2, -0.15) is 0 Å². The van der Waals surface area contributed by atoms with Crippen molar-refractivity contribution < 1.29 is 14.0 Å². The Morgan fingerprint density at radius 1 is 1.14 bits per heavy atom. The van der Waals surface area contributed by atoms with Crippen LogP contribution in [0.2, 0.25) is 0 Å². The Hall–Kier alpha value is -2.76. The molecule has 0 radical (unpaired) electrons. The van der Waals surface area contributed by atoms with E-state index in [1.54, 1.807) is 35.5 Å². The molecule has 2 saturated heterocycles. The minimum Gasteiger partial charge on any atom is -0.342 e. The van der Waals surface area contributed by atoms with Gasteiger partial charge in [0.15, 0.2) is 0 Å². The number of hydrogen-bond donors (Lipinski definition) is 0. The fraction of sp³-hybridized carbons (Fsp3) is 0.435. The summed E-state index contributed by atoms with van der Waals surface area (Å²) in [5, 5.41) is 0. The zero-order valence-electron chi connectivity index (χ0n) is 16.5. The maximum Gasteiger partial charge on any atom is 0.230 e. The summed E-state index contributed by atoms with van der Waals surface area (Å²) in [5.41, 5.74) is 1.08. The Labute approximate surface area is 170 Å². The molecule has 1 atom stereocenters. The molecule has 1 spiro atoms. The van der Waals surface area contributed by atoms with Gasteiger partial charge >= 0.3 is 0 Å². The lowest BCUT2D eigenvalue weighted by Gasteiger charge is -2.39. The third kappa shape index (κ3) is 4.16. The van der Waals surface area contributed by atoms with Gasteiger partial charge in [0.25, 0.3) is 0 Å². The minimum atomic E-state index is -0.506. The van der Waals surface area contributed by atoms with Crippen LogP contribution >= 0.6 is 0 Å². The molecule has 2 aliphatic heterocycles. The lowest BCUT2D eigenvalue weighted by Crippen LogP contribution is -2.50. The smallest absolute Gasteiger partial charge is 0.230 e. The molecule has 2 aliphatic rings. The van der Waals surface area contributed by atoms with Gasteiger partial charge in [0, 0.05) is 50.6 Å². The van der Waals surface area contributed by atoms with Gasteiger partial charge in [0.2, 0.25) is 11.8 Å². The van der Waals surface area contributed by atoms with Crippen molar-refractivity contribution in [1.29, 1.82) is 0 Å². The molecule has 4 rings (SSSR count). The number of aromatic nitrogens is 1. The molecule has 3 heterocycles. The van der Waals surface area contributed by atoms with Gasteiger partial charge in [-0.3, -0.25) is 14.6 Å². The number of amides is 2. The second kappa shape index (κ2) is 8.31. The van der Waals surface area contributed by atoms with E-state index in [0.29, 0.717) is 51.0 Å². The molecular formula is C23H26FN3O2. The summed E-state index contributed by atoms with van der Waals surface area (Å²) in [6, 6.07) is 10.4. The second-order valence-corrected chi connectivity index (χ2v) is 8.13. The third-order valence-electron chi connectivity index (χ3n) is 6.20. The summed E-state index contributed by atoms with van der Waals surface area (Å²) >= 11 is 0. The van der Waals surface area contributed by atoms with Crippen molar-refractivity contribution in [3.8, 4) is 0 Å². The molecule has 6 heteroatoms. The maximum atomic E-state index is 14.0. The topological polar surface area (TPSA) is 53.5 Å². The number of aryl methyl sites for hydroxylation is 1. The van der Waals surface area contributed by atoms with Crippen molar-refractivity contribution in [2.75, 3.05) is 19.6 Å². The first-order valence-electron chi connectivity index (χ1n) is 10.3. The van der Waals surface area contributed by atoms with Gasteiger partial charge < -0.3 is 9.80 Å². The number of pyridine rings is 1. The number of rotatable bonds is 5. The van der Waals surface area contributed by atoms with E-state index in [1.165, 1.54) is 6.07 Å². The SMILES string of the molecule is O=C(CCc1cccnc1)N1CCC2(CCCN(Cc3ccccc3F)C2=O)C1. The van der Waals surface area contributed by atoms with Gasteiger partial charge in [-0.15, -0.1) is 0 Å². The van der Waals surface area contributed by atoms with E-state index >= 15 is 0 Å². The molecule has 0 aliphatic carbocycles. The Balaban J connectivity index is 1.38. The molecule has 1 aromatic carbocycles. The first-order chi connectivity index (χ1) is 14.1. The van der Waals surface area contributed by atoms with Crippen molar-refractivity contribution in [1.82, 2.24) is 14.8 Å². The van der Waals surface area contributed by atoms with Crippen molar-refractivity contribution in [3.05, 3.63) is 65.7 Å². The Morgan fingerprint density at radius 3 is 2.79 bits per heavy atom. The average molecular weight is 395 g/mol. The predicted molar refractivity (Wildman–Crippen MR) is 107 cm³/mol. The van der Waals surface area contributed by atoms with Crippen molar-refractivity contribution in [3.63, 3.8) is 0 Å². The van der Waals surface area contributed by atoms with Gasteiger partial charge in [-0.1, -0.05) is 24.3 Å². The number of carbonyl (C=O) groups is 2. The molecule has 2 aromatic rings. The van der Waals surface area contributed by atoms with Crippen molar-refractivity contribution in [2.45, 2.75) is 38.6 Å². The maximum absolute atomic E-state index is 14.0. The van der Waals surface area contributed by atoms with Crippen LogP contribution in [-0.2, 0) is 22.6 Å². The molecule has 0 saturated carbocycles. The number of piperidine rings is 1. The van der Waals surface area contributed by atoms with Crippen molar-refractivity contribution in [2.24, 2.45) is 5.41 Å². The van der Waals surface area contributed by atoms with E-state index in [4.69, 9.17) is 0 Å². The molecule has 152 valence electrons. The number of nitrogens with zero attached hydrogens (tertiary/aromatic N) is 3. The van der Waals surface area contributed by atoms with Crippen LogP contribution in [-0.4, -0.2) is 46.2 Å². The van der Waals surface area contributed by atoms with Crippen LogP contribution in [0.5, 0.6) is 0 Å². The van der Waals surface area contributed by atoms with Crippen LogP contribution in [0.4, 0.5) is 4.39 Å². The molecule has 1 aromatic heterocycles. The Kier molecular flexibility index (Phi) is 5.60. The summed E-state index contributed by atoms with van der Waals surface area (Å²) in [7, 11) is 0. The molecule has 0 N–H and O–H groups in total. The third-order valence-corrected chi connectivity index (χ3v) is 6.20. The number of benzene rings is 1. The largest absolute Gasteiger partial charge is 0.342 e. The van der Waals surface area contributed by atoms with Crippen LogP contribution < -0.4 is 0 Å². The number of likely N-dealkylation sites (tertiary alicyclic amines) is 2. The Bertz CT molecular complexity index is 889. The van der Waals surface area contributed by atoms with Crippen LogP contribution in [0.1, 0.15) is 36.8 Å². The first kappa shape index (κ1) is 19.6. The number of carbonyl (C=O) groups excluding carboxylic acids is 2. The molecule has 2 fully saturated rings. The predicted octanol–water partition coefficient (Wildman–Crippen LogP) is 3.19. The second-order valence-electron chi connectivity index (χ2n) is 8.13. The van der Waals surface area contributed by atoms with Crippen LogP contribution in [0.15, 0.2) is 48.8 Å². The van der Waals surface area contributed by atoms with Gasteiger partial charge in [-0.05, 0) is 43.4 Å². The zero-order valence-corrected chi connectivity index (χ0v) is 16.5. The lowest BCUT2D eigenvalue weighted by atomic mass is 9.78. The fourth-order valence-electron chi connectivity index (χ4n) is 4.55. The zero-order chi connectivity index (χ0) is 20.3. The van der Waals surface area contributed by atoms with Crippen molar-refractivity contribution >= 4 is 11.8 Å². The highest BCUT2D eigenvalue weighted by Crippen LogP contribution is 2.40. The highest BCUT2D eigenvalue weighted by Gasteiger charge is 2.49. The highest BCUT2D eigenvalue weighted by atomic mass is 19.1. The van der Waals surface area contributed by atoms with Crippen LogP contribution in [0, 0.1) is 11.2 Å². The first-order valence-corrected chi connectivity index (χ1v) is 10.3. The molecule has 5 nitrogen and oxygen atoms in total. The molecule has 29 heavy (non-hydrogen) atoms. The summed E-state index contributed by atoms with van der Waals surface area (Å²) in [6.45, 7) is 2.03. The van der Waals surface area contributed by atoms with E-state index in [0.717, 1.165) is 18.4 Å². The van der Waals surface area contributed by atoms with E-state index < -0.39 is 5.41 Å². The molecular weight excluding hydrogens is 369 g/mol. The van der Waals surface area contributed by atoms with Gasteiger partial charge in [-0.25, -0.2) is 4.39 Å². The van der Waals surface area contributed by atoms with E-state index in [-0.39, 0.29) is 17.6 Å². The van der Waals surface area contributed by atoms with E-state index in [1.807, 2.05) is 17.0 Å². The number of halogens is 1. The summed E-state index contributed by atoms with van der Waals surface area (Å²) in [5.74, 6) is -0.127. The summed E-state index contributed by atoms with van der Waals surface area (Å²) in [4.78, 5) is 33.7. The van der Waals surface area contributed by atoms with Gasteiger partial charge in [0.05, 0.1) is 5.41 Å². The Morgan fingerprint density at radius 2 is 2.00 bits per heavy atom. The summed E-state index contributed by atoms with van der Waals surface area (Å²) < 4.78 is 14.0. The fourth-order valence-corrected chi connectivity index (χ4v) is 4.55. The standard InChI is InChI=1S/C23H26FN3O2/c24-20-7-2-1-6-19(20)16-26-13-4-10-23(22(26)29)11-14-27(17-23)21(28)9-8-18-5-3-12-25-15-18/h1-3,5-7,12,15H,4,8-11,13-14,16-17H2.